The molecule has 2 amide bonds. The van der Waals surface area contributed by atoms with Crippen LogP contribution >= 0.6 is 0 Å². The van der Waals surface area contributed by atoms with Crippen LogP contribution in [0.1, 0.15) is 35.7 Å². The highest BCUT2D eigenvalue weighted by molar-refractivity contribution is 7.91. The van der Waals surface area contributed by atoms with Crippen LogP contribution < -0.4 is 16.0 Å². The monoisotopic (exact) mass is 451 g/mol. The highest BCUT2D eigenvalue weighted by atomic mass is 32.2. The zero-order chi connectivity index (χ0) is 22.8. The molecular weight excluding hydrogens is 428 g/mol. The molecule has 2 aromatic carbocycles. The van der Waals surface area contributed by atoms with E-state index in [9.17, 15) is 26.8 Å². The minimum atomic E-state index is -4.10. The van der Waals surface area contributed by atoms with E-state index < -0.39 is 50.0 Å². The maximum absolute atomic E-state index is 14.7. The zero-order valence-electron chi connectivity index (χ0n) is 16.9. The van der Waals surface area contributed by atoms with Crippen LogP contribution in [0.2, 0.25) is 0 Å². The van der Waals surface area contributed by atoms with Crippen LogP contribution in [0.5, 0.6) is 0 Å². The van der Waals surface area contributed by atoms with Crippen molar-refractivity contribution in [2.45, 2.75) is 37.2 Å². The third-order valence-electron chi connectivity index (χ3n) is 4.97. The summed E-state index contributed by atoms with van der Waals surface area (Å²) in [5.41, 5.74) is 5.81. The van der Waals surface area contributed by atoms with Crippen molar-refractivity contribution in [3.05, 3.63) is 59.2 Å². The van der Waals surface area contributed by atoms with Crippen LogP contribution in [0, 0.1) is 11.6 Å². The predicted octanol–water partition coefficient (Wildman–Crippen LogP) is 2.14. The molecule has 2 aromatic rings. The lowest BCUT2D eigenvalue weighted by Crippen LogP contribution is -2.45. The van der Waals surface area contributed by atoms with Crippen LogP contribution in [-0.2, 0) is 21.2 Å². The number of rotatable bonds is 6. The van der Waals surface area contributed by atoms with Crippen LogP contribution in [0.4, 0.5) is 14.5 Å². The number of sulfone groups is 1. The number of fused-ring (bicyclic) bond motifs is 1. The summed E-state index contributed by atoms with van der Waals surface area (Å²) in [6.45, 7) is 2.13. The van der Waals surface area contributed by atoms with Crippen molar-refractivity contribution < 1.29 is 26.8 Å². The molecule has 10 heteroatoms. The summed E-state index contributed by atoms with van der Waals surface area (Å²) < 4.78 is 53.5. The van der Waals surface area contributed by atoms with Crippen molar-refractivity contribution >= 4 is 27.3 Å². The zero-order valence-corrected chi connectivity index (χ0v) is 17.7. The van der Waals surface area contributed by atoms with Gasteiger partial charge in [-0.3, -0.25) is 9.59 Å². The van der Waals surface area contributed by atoms with Gasteiger partial charge in [-0.15, -0.1) is 0 Å². The first-order valence-corrected chi connectivity index (χ1v) is 11.4. The summed E-state index contributed by atoms with van der Waals surface area (Å²) >= 11 is 0. The number of hydrogen-bond acceptors (Lipinski definition) is 5. The molecule has 0 aliphatic carbocycles. The fourth-order valence-electron chi connectivity index (χ4n) is 3.30. The van der Waals surface area contributed by atoms with Crippen molar-refractivity contribution in [2.75, 3.05) is 17.2 Å². The van der Waals surface area contributed by atoms with Gasteiger partial charge in [-0.05, 0) is 36.2 Å². The van der Waals surface area contributed by atoms with E-state index in [-0.39, 0.29) is 17.8 Å². The largest absolute Gasteiger partial charge is 0.352 e. The first-order chi connectivity index (χ1) is 14.6. The predicted molar refractivity (Wildman–Crippen MR) is 111 cm³/mol. The number of nitrogens with zero attached hydrogens (tertiary/aromatic N) is 1. The van der Waals surface area contributed by atoms with Gasteiger partial charge in [0.1, 0.15) is 11.6 Å². The fourth-order valence-corrected chi connectivity index (χ4v) is 4.87. The molecule has 0 bridgehead atoms. The molecule has 0 spiro atoms. The Balaban J connectivity index is 2.11. The molecule has 0 fully saturated rings. The van der Waals surface area contributed by atoms with E-state index in [0.29, 0.717) is 18.5 Å². The van der Waals surface area contributed by atoms with E-state index >= 15 is 0 Å². The Bertz CT molecular complexity index is 1100. The summed E-state index contributed by atoms with van der Waals surface area (Å²) in [7, 11) is -4.10. The summed E-state index contributed by atoms with van der Waals surface area (Å²) in [6.07, 6.45) is 1.51. The highest BCUT2D eigenvalue weighted by Crippen LogP contribution is 2.34. The van der Waals surface area contributed by atoms with Gasteiger partial charge in [0.15, 0.2) is 9.84 Å². The van der Waals surface area contributed by atoms with Gasteiger partial charge < -0.3 is 16.0 Å². The SMILES string of the molecule is CCCCNC(=O)c1cc2c(cc1F)S(=O)(=O)C[C@H](N)C(=O)N2Cc1ccc(F)cc1. The summed E-state index contributed by atoms with van der Waals surface area (Å²) in [4.78, 5) is 26.0. The maximum Gasteiger partial charge on any atom is 0.254 e. The fraction of sp³-hybridized carbons (Fsp3) is 0.333. The molecule has 31 heavy (non-hydrogen) atoms. The number of nitrogens with two attached hydrogens (primary N) is 1. The molecule has 3 N–H and O–H groups in total. The summed E-state index contributed by atoms with van der Waals surface area (Å²) in [5, 5.41) is 2.58. The van der Waals surface area contributed by atoms with E-state index in [4.69, 9.17) is 5.73 Å². The third kappa shape index (κ3) is 4.91. The summed E-state index contributed by atoms with van der Waals surface area (Å²) in [5.74, 6) is -3.59. The molecule has 0 aromatic heterocycles. The number of benzene rings is 2. The standard InChI is InChI=1S/C21H23F2N3O4S/c1-2-3-8-25-20(27)15-9-18-19(10-16(15)23)31(29,30)12-17(24)21(28)26(18)11-13-4-6-14(22)7-5-13/h4-7,9-10,17H,2-3,8,11-12,24H2,1H3,(H,25,27)/t17-/m0/s1. The molecule has 1 heterocycles. The second-order valence-corrected chi connectivity index (χ2v) is 9.35. The molecular formula is C21H23F2N3O4S. The van der Waals surface area contributed by atoms with Crippen molar-refractivity contribution in [3.8, 4) is 0 Å². The molecule has 1 aliphatic heterocycles. The molecule has 1 atom stereocenters. The van der Waals surface area contributed by atoms with E-state index in [0.717, 1.165) is 23.5 Å². The molecule has 166 valence electrons. The molecule has 0 saturated carbocycles. The van der Waals surface area contributed by atoms with E-state index in [1.807, 2.05) is 6.92 Å². The highest BCUT2D eigenvalue weighted by Gasteiger charge is 2.37. The third-order valence-corrected chi connectivity index (χ3v) is 6.77. The van der Waals surface area contributed by atoms with Gasteiger partial charge in [0.05, 0.1) is 34.5 Å². The Kier molecular flexibility index (Phi) is 6.71. The van der Waals surface area contributed by atoms with Gasteiger partial charge in [0.2, 0.25) is 5.91 Å². The average molecular weight is 451 g/mol. The lowest BCUT2D eigenvalue weighted by molar-refractivity contribution is -0.119. The number of halogens is 2. The van der Waals surface area contributed by atoms with Crippen molar-refractivity contribution in [2.24, 2.45) is 5.73 Å². The maximum atomic E-state index is 14.7. The van der Waals surface area contributed by atoms with Crippen LogP contribution in [-0.4, -0.2) is 38.6 Å². The van der Waals surface area contributed by atoms with Gasteiger partial charge in [-0.1, -0.05) is 25.5 Å². The van der Waals surface area contributed by atoms with Crippen LogP contribution in [0.15, 0.2) is 41.3 Å². The number of hydrogen-bond donors (Lipinski definition) is 2. The van der Waals surface area contributed by atoms with Gasteiger partial charge >= 0.3 is 0 Å². The molecule has 3 rings (SSSR count). The van der Waals surface area contributed by atoms with E-state index in [1.54, 1.807) is 0 Å². The van der Waals surface area contributed by atoms with E-state index in [2.05, 4.69) is 5.32 Å². The summed E-state index contributed by atoms with van der Waals surface area (Å²) in [6, 6.07) is 5.72. The number of carbonyl (C=O) groups is 2. The van der Waals surface area contributed by atoms with Crippen molar-refractivity contribution in [3.63, 3.8) is 0 Å². The number of anilines is 1. The molecule has 7 nitrogen and oxygen atoms in total. The van der Waals surface area contributed by atoms with Gasteiger partial charge in [-0.2, -0.15) is 0 Å². The van der Waals surface area contributed by atoms with Crippen LogP contribution in [0.3, 0.4) is 0 Å². The first kappa shape index (κ1) is 22.8. The topological polar surface area (TPSA) is 110 Å². The number of nitrogens with one attached hydrogen (secondary N) is 1. The van der Waals surface area contributed by atoms with E-state index in [1.165, 1.54) is 24.3 Å². The molecule has 0 saturated heterocycles. The van der Waals surface area contributed by atoms with Crippen molar-refractivity contribution in [1.29, 1.82) is 0 Å². The lowest BCUT2D eigenvalue weighted by atomic mass is 10.1. The smallest absolute Gasteiger partial charge is 0.254 e. The minimum absolute atomic E-state index is 0.127. The molecule has 0 unspecified atom stereocenters. The average Bonchev–Trinajstić information content (AvgIpc) is 2.78. The van der Waals surface area contributed by atoms with Crippen LogP contribution in [0.25, 0.3) is 0 Å². The second-order valence-electron chi connectivity index (χ2n) is 7.35. The molecule has 0 radical (unpaired) electrons. The second kappa shape index (κ2) is 9.11. The van der Waals surface area contributed by atoms with Crippen molar-refractivity contribution in [1.82, 2.24) is 5.32 Å². The number of amides is 2. The van der Waals surface area contributed by atoms with Gasteiger partial charge in [-0.25, -0.2) is 17.2 Å². The normalized spacial score (nSPS) is 17.7. The lowest BCUT2D eigenvalue weighted by Gasteiger charge is -2.25. The van der Waals surface area contributed by atoms with Gasteiger partial charge in [0.25, 0.3) is 5.91 Å². The Morgan fingerprint density at radius 2 is 1.90 bits per heavy atom. The Morgan fingerprint density at radius 3 is 2.55 bits per heavy atom. The Morgan fingerprint density at radius 1 is 1.23 bits per heavy atom. The van der Waals surface area contributed by atoms with Gasteiger partial charge in [0, 0.05) is 6.54 Å². The minimum Gasteiger partial charge on any atom is -0.352 e. The number of unbranched alkanes of at least 4 members (excludes halogenated alkanes) is 1. The first-order valence-electron chi connectivity index (χ1n) is 9.80. The Labute approximate surface area is 179 Å². The Hall–Kier alpha value is -2.85. The quantitative estimate of drug-likeness (QED) is 0.654. The molecule has 1 aliphatic rings. The number of carbonyl (C=O) groups excluding carboxylic acids is 2.